The SMILES string of the molecule is COc1ncc(C(N)c2cccc(Br)c2Cl)cn1. The van der Waals surface area contributed by atoms with Gasteiger partial charge in [-0.1, -0.05) is 23.7 Å². The molecule has 0 spiro atoms. The summed E-state index contributed by atoms with van der Waals surface area (Å²) in [5, 5.41) is 0.598. The molecule has 1 heterocycles. The van der Waals surface area contributed by atoms with Crippen LogP contribution in [0.4, 0.5) is 0 Å². The molecule has 0 saturated heterocycles. The molecule has 6 heteroatoms. The van der Waals surface area contributed by atoms with Gasteiger partial charge < -0.3 is 10.5 Å². The van der Waals surface area contributed by atoms with Crippen LogP contribution in [0.15, 0.2) is 35.1 Å². The van der Waals surface area contributed by atoms with Crippen molar-refractivity contribution in [3.63, 3.8) is 0 Å². The molecular formula is C12H11BrClN3O. The Morgan fingerprint density at radius 3 is 2.61 bits per heavy atom. The van der Waals surface area contributed by atoms with E-state index in [-0.39, 0.29) is 6.04 Å². The number of benzene rings is 1. The largest absolute Gasteiger partial charge is 0.467 e. The Labute approximate surface area is 118 Å². The molecule has 18 heavy (non-hydrogen) atoms. The predicted molar refractivity (Wildman–Crippen MR) is 73.8 cm³/mol. The minimum absolute atomic E-state index is 0.311. The van der Waals surface area contributed by atoms with E-state index in [0.717, 1.165) is 15.6 Å². The average Bonchev–Trinajstić information content (AvgIpc) is 2.41. The third kappa shape index (κ3) is 2.63. The maximum atomic E-state index is 6.20. The van der Waals surface area contributed by atoms with E-state index in [1.807, 2.05) is 18.2 Å². The number of ether oxygens (including phenoxy) is 1. The molecule has 1 aromatic carbocycles. The lowest BCUT2D eigenvalue weighted by Gasteiger charge is -2.14. The third-order valence-corrected chi connectivity index (χ3v) is 3.82. The van der Waals surface area contributed by atoms with Gasteiger partial charge in [0.1, 0.15) is 0 Å². The van der Waals surface area contributed by atoms with Gasteiger partial charge in [-0.3, -0.25) is 0 Å². The minimum atomic E-state index is -0.374. The average molecular weight is 329 g/mol. The molecule has 0 aliphatic rings. The van der Waals surface area contributed by atoms with E-state index in [1.165, 1.54) is 7.11 Å². The third-order valence-electron chi connectivity index (χ3n) is 2.51. The summed E-state index contributed by atoms with van der Waals surface area (Å²) >= 11 is 9.58. The lowest BCUT2D eigenvalue weighted by atomic mass is 10.0. The van der Waals surface area contributed by atoms with Crippen LogP contribution in [0.1, 0.15) is 17.2 Å². The van der Waals surface area contributed by atoms with Crippen molar-refractivity contribution >= 4 is 27.5 Å². The van der Waals surface area contributed by atoms with E-state index >= 15 is 0 Å². The molecule has 94 valence electrons. The second kappa shape index (κ2) is 5.65. The first kappa shape index (κ1) is 13.3. The van der Waals surface area contributed by atoms with Crippen LogP contribution in [0.3, 0.4) is 0 Å². The zero-order chi connectivity index (χ0) is 13.1. The number of nitrogens with two attached hydrogens (primary N) is 1. The molecule has 1 atom stereocenters. The predicted octanol–water partition coefficient (Wildman–Crippen LogP) is 2.95. The summed E-state index contributed by atoms with van der Waals surface area (Å²) in [4.78, 5) is 8.06. The van der Waals surface area contributed by atoms with Crippen LogP contribution in [0.5, 0.6) is 6.01 Å². The van der Waals surface area contributed by atoms with Gasteiger partial charge in [0, 0.05) is 22.4 Å². The van der Waals surface area contributed by atoms with Crippen molar-refractivity contribution in [2.45, 2.75) is 6.04 Å². The Morgan fingerprint density at radius 2 is 2.00 bits per heavy atom. The fraction of sp³-hybridized carbons (Fsp3) is 0.167. The standard InChI is InChI=1S/C12H11BrClN3O/c1-18-12-16-5-7(6-17-12)11(15)8-3-2-4-9(13)10(8)14/h2-6,11H,15H2,1H3. The number of rotatable bonds is 3. The monoisotopic (exact) mass is 327 g/mol. The molecular weight excluding hydrogens is 318 g/mol. The van der Waals surface area contributed by atoms with Gasteiger partial charge in [-0.2, -0.15) is 0 Å². The molecule has 1 unspecified atom stereocenters. The maximum absolute atomic E-state index is 6.20. The quantitative estimate of drug-likeness (QED) is 0.941. The zero-order valence-electron chi connectivity index (χ0n) is 9.60. The van der Waals surface area contributed by atoms with Crippen LogP contribution in [0.2, 0.25) is 5.02 Å². The first-order chi connectivity index (χ1) is 8.63. The van der Waals surface area contributed by atoms with Crippen molar-refractivity contribution in [3.05, 3.63) is 51.2 Å². The van der Waals surface area contributed by atoms with Crippen molar-refractivity contribution < 1.29 is 4.74 Å². The summed E-state index contributed by atoms with van der Waals surface area (Å²) in [5.74, 6) is 0. The molecule has 2 rings (SSSR count). The molecule has 2 N–H and O–H groups in total. The summed E-state index contributed by atoms with van der Waals surface area (Å²) in [7, 11) is 1.51. The Morgan fingerprint density at radius 1 is 1.33 bits per heavy atom. The van der Waals surface area contributed by atoms with E-state index in [0.29, 0.717) is 11.0 Å². The molecule has 4 nitrogen and oxygen atoms in total. The second-order valence-corrected chi connectivity index (χ2v) is 4.86. The lowest BCUT2D eigenvalue weighted by Crippen LogP contribution is -2.13. The number of hydrogen-bond donors (Lipinski definition) is 1. The molecule has 0 radical (unpaired) electrons. The Bertz CT molecular complexity index is 548. The summed E-state index contributed by atoms with van der Waals surface area (Å²) in [6.45, 7) is 0. The molecule has 0 amide bonds. The topological polar surface area (TPSA) is 61.0 Å². The van der Waals surface area contributed by atoms with Gasteiger partial charge in [-0.25, -0.2) is 9.97 Å². The molecule has 0 aliphatic heterocycles. The molecule has 2 aromatic rings. The van der Waals surface area contributed by atoms with Gasteiger partial charge in [-0.15, -0.1) is 0 Å². The van der Waals surface area contributed by atoms with E-state index in [2.05, 4.69) is 25.9 Å². The Balaban J connectivity index is 2.35. The molecule has 0 saturated carbocycles. The normalized spacial score (nSPS) is 12.2. The van der Waals surface area contributed by atoms with Crippen LogP contribution in [-0.2, 0) is 0 Å². The van der Waals surface area contributed by atoms with Crippen LogP contribution in [0.25, 0.3) is 0 Å². The highest BCUT2D eigenvalue weighted by atomic mass is 79.9. The van der Waals surface area contributed by atoms with Gasteiger partial charge >= 0.3 is 6.01 Å². The highest BCUT2D eigenvalue weighted by Gasteiger charge is 2.15. The molecule has 0 fully saturated rings. The van der Waals surface area contributed by atoms with Gasteiger partial charge in [0.25, 0.3) is 0 Å². The van der Waals surface area contributed by atoms with Crippen LogP contribution >= 0.6 is 27.5 Å². The second-order valence-electron chi connectivity index (χ2n) is 3.62. The maximum Gasteiger partial charge on any atom is 0.316 e. The van der Waals surface area contributed by atoms with Crippen LogP contribution in [-0.4, -0.2) is 17.1 Å². The molecule has 0 bridgehead atoms. The number of aromatic nitrogens is 2. The van der Waals surface area contributed by atoms with Gasteiger partial charge in [-0.05, 0) is 27.6 Å². The number of methoxy groups -OCH3 is 1. The fourth-order valence-corrected chi connectivity index (χ4v) is 2.16. The Kier molecular flexibility index (Phi) is 4.16. The fourth-order valence-electron chi connectivity index (χ4n) is 1.53. The van der Waals surface area contributed by atoms with E-state index in [9.17, 15) is 0 Å². The first-order valence-corrected chi connectivity index (χ1v) is 6.36. The van der Waals surface area contributed by atoms with E-state index in [1.54, 1.807) is 12.4 Å². The highest BCUT2D eigenvalue weighted by Crippen LogP contribution is 2.31. The van der Waals surface area contributed by atoms with Crippen LogP contribution in [0, 0.1) is 0 Å². The van der Waals surface area contributed by atoms with Crippen molar-refractivity contribution in [2.24, 2.45) is 5.73 Å². The van der Waals surface area contributed by atoms with Crippen LogP contribution < -0.4 is 10.5 Å². The minimum Gasteiger partial charge on any atom is -0.467 e. The van der Waals surface area contributed by atoms with Gasteiger partial charge in [0.05, 0.1) is 18.2 Å². The molecule has 0 aliphatic carbocycles. The van der Waals surface area contributed by atoms with Gasteiger partial charge in [0.2, 0.25) is 0 Å². The van der Waals surface area contributed by atoms with Crippen molar-refractivity contribution in [1.82, 2.24) is 9.97 Å². The van der Waals surface area contributed by atoms with Crippen molar-refractivity contribution in [3.8, 4) is 6.01 Å². The Hall–Kier alpha value is -1.17. The molecule has 1 aromatic heterocycles. The summed E-state index contributed by atoms with van der Waals surface area (Å²) in [6.07, 6.45) is 3.27. The number of nitrogens with zero attached hydrogens (tertiary/aromatic N) is 2. The van der Waals surface area contributed by atoms with Crippen molar-refractivity contribution in [1.29, 1.82) is 0 Å². The number of halogens is 2. The van der Waals surface area contributed by atoms with E-state index in [4.69, 9.17) is 22.1 Å². The zero-order valence-corrected chi connectivity index (χ0v) is 11.9. The summed E-state index contributed by atoms with van der Waals surface area (Å²) < 4.78 is 5.71. The summed E-state index contributed by atoms with van der Waals surface area (Å²) in [5.41, 5.74) is 7.74. The lowest BCUT2D eigenvalue weighted by molar-refractivity contribution is 0.379. The number of hydrogen-bond acceptors (Lipinski definition) is 4. The van der Waals surface area contributed by atoms with E-state index < -0.39 is 0 Å². The summed E-state index contributed by atoms with van der Waals surface area (Å²) in [6, 6.07) is 5.56. The smallest absolute Gasteiger partial charge is 0.316 e. The highest BCUT2D eigenvalue weighted by molar-refractivity contribution is 9.10. The first-order valence-electron chi connectivity index (χ1n) is 5.19. The van der Waals surface area contributed by atoms with Crippen molar-refractivity contribution in [2.75, 3.05) is 7.11 Å². The van der Waals surface area contributed by atoms with Gasteiger partial charge in [0.15, 0.2) is 0 Å².